The van der Waals surface area contributed by atoms with E-state index in [0.29, 0.717) is 0 Å². The average molecular weight is 368 g/mol. The Bertz CT molecular complexity index is 707. The lowest BCUT2D eigenvalue weighted by Gasteiger charge is -2.36. The number of hydrogen-bond donors (Lipinski definition) is 1. The van der Waals surface area contributed by atoms with Crippen molar-refractivity contribution in [2.45, 2.75) is 31.8 Å². The molecule has 0 aromatic carbocycles. The second kappa shape index (κ2) is 9.32. The van der Waals surface area contributed by atoms with E-state index in [1.165, 1.54) is 17.7 Å². The Hall–Kier alpha value is -1.93. The van der Waals surface area contributed by atoms with Crippen LogP contribution in [-0.4, -0.2) is 64.3 Å². The predicted molar refractivity (Wildman–Crippen MR) is 103 cm³/mol. The summed E-state index contributed by atoms with van der Waals surface area (Å²) in [4.78, 5) is 15.6. The van der Waals surface area contributed by atoms with E-state index in [4.69, 9.17) is 9.72 Å². The van der Waals surface area contributed by atoms with Gasteiger partial charge in [0, 0.05) is 38.6 Å². The number of aromatic nitrogens is 3. The normalized spacial score (nSPS) is 20.6. The molecule has 0 spiro atoms. The summed E-state index contributed by atoms with van der Waals surface area (Å²) in [6, 6.07) is 6.51. The number of aryl methyl sites for hydroxylation is 1. The van der Waals surface area contributed by atoms with E-state index in [1.807, 2.05) is 18.3 Å². The molecule has 0 saturated carbocycles. The average Bonchev–Trinajstić information content (AvgIpc) is 2.74. The summed E-state index contributed by atoms with van der Waals surface area (Å²) >= 11 is 0. The van der Waals surface area contributed by atoms with Crippen LogP contribution < -0.4 is 5.43 Å². The molecule has 1 atom stereocenters. The molecule has 2 aliphatic rings. The number of ether oxygens (including phenoxy) is 1. The minimum atomic E-state index is 0.273. The SMILES string of the molecule is c1cnc2c(c1)CCCC2N(Cc1ccncn1)NCCN1CCOCC1. The van der Waals surface area contributed by atoms with Crippen molar-refractivity contribution >= 4 is 0 Å². The summed E-state index contributed by atoms with van der Waals surface area (Å²) in [5.41, 5.74) is 7.27. The lowest BCUT2D eigenvalue weighted by atomic mass is 9.91. The first-order chi connectivity index (χ1) is 13.4. The van der Waals surface area contributed by atoms with Crippen LogP contribution in [0, 0.1) is 0 Å². The van der Waals surface area contributed by atoms with Crippen LogP contribution in [0.15, 0.2) is 36.9 Å². The van der Waals surface area contributed by atoms with Crippen LogP contribution >= 0.6 is 0 Å². The molecule has 2 aromatic rings. The predicted octanol–water partition coefficient (Wildman–Crippen LogP) is 1.59. The molecule has 4 rings (SSSR count). The largest absolute Gasteiger partial charge is 0.379 e. The molecule has 7 heteroatoms. The lowest BCUT2D eigenvalue weighted by Crippen LogP contribution is -2.47. The second-order valence-corrected chi connectivity index (χ2v) is 7.15. The zero-order chi connectivity index (χ0) is 18.3. The lowest BCUT2D eigenvalue weighted by molar-refractivity contribution is 0.0306. The quantitative estimate of drug-likeness (QED) is 0.745. The molecule has 0 bridgehead atoms. The van der Waals surface area contributed by atoms with Crippen LogP contribution in [0.25, 0.3) is 0 Å². The van der Waals surface area contributed by atoms with Crippen LogP contribution in [0.4, 0.5) is 0 Å². The Morgan fingerprint density at radius 2 is 2.11 bits per heavy atom. The summed E-state index contributed by atoms with van der Waals surface area (Å²) < 4.78 is 5.45. The maximum absolute atomic E-state index is 5.45. The van der Waals surface area contributed by atoms with Crippen LogP contribution in [0.3, 0.4) is 0 Å². The van der Waals surface area contributed by atoms with E-state index < -0.39 is 0 Å². The van der Waals surface area contributed by atoms with Crippen molar-refractivity contribution in [2.75, 3.05) is 39.4 Å². The van der Waals surface area contributed by atoms with Gasteiger partial charge in [-0.05, 0) is 37.0 Å². The summed E-state index contributed by atoms with van der Waals surface area (Å²) in [6.45, 7) is 6.37. The first-order valence-corrected chi connectivity index (χ1v) is 9.89. The van der Waals surface area contributed by atoms with Gasteiger partial charge in [0.15, 0.2) is 0 Å². The highest BCUT2D eigenvalue weighted by atomic mass is 16.5. The fraction of sp³-hybridized carbons (Fsp3) is 0.550. The first-order valence-electron chi connectivity index (χ1n) is 9.89. The Labute approximate surface area is 160 Å². The number of hydrogen-bond acceptors (Lipinski definition) is 7. The van der Waals surface area contributed by atoms with Crippen molar-refractivity contribution in [1.82, 2.24) is 30.3 Å². The van der Waals surface area contributed by atoms with Gasteiger partial charge in [-0.15, -0.1) is 0 Å². The second-order valence-electron chi connectivity index (χ2n) is 7.15. The van der Waals surface area contributed by atoms with Crippen molar-refractivity contribution in [2.24, 2.45) is 0 Å². The van der Waals surface area contributed by atoms with Gasteiger partial charge in [-0.3, -0.25) is 15.3 Å². The molecule has 1 unspecified atom stereocenters. The maximum atomic E-state index is 5.45. The molecule has 1 N–H and O–H groups in total. The molecule has 1 saturated heterocycles. The minimum absolute atomic E-state index is 0.273. The van der Waals surface area contributed by atoms with Crippen molar-refractivity contribution in [1.29, 1.82) is 0 Å². The molecule has 1 fully saturated rings. The zero-order valence-electron chi connectivity index (χ0n) is 15.8. The maximum Gasteiger partial charge on any atom is 0.115 e. The Morgan fingerprint density at radius 1 is 1.19 bits per heavy atom. The highest BCUT2D eigenvalue weighted by Crippen LogP contribution is 2.32. The van der Waals surface area contributed by atoms with Crippen LogP contribution in [0.1, 0.15) is 35.8 Å². The van der Waals surface area contributed by atoms with Crippen LogP contribution in [0.5, 0.6) is 0 Å². The van der Waals surface area contributed by atoms with E-state index in [9.17, 15) is 0 Å². The highest BCUT2D eigenvalue weighted by molar-refractivity contribution is 5.25. The van der Waals surface area contributed by atoms with E-state index in [1.54, 1.807) is 12.5 Å². The number of rotatable bonds is 7. The molecule has 7 nitrogen and oxygen atoms in total. The Kier molecular flexibility index (Phi) is 6.36. The van der Waals surface area contributed by atoms with Gasteiger partial charge in [-0.1, -0.05) is 6.07 Å². The van der Waals surface area contributed by atoms with Gasteiger partial charge in [0.2, 0.25) is 0 Å². The molecule has 0 amide bonds. The smallest absolute Gasteiger partial charge is 0.115 e. The van der Waals surface area contributed by atoms with Gasteiger partial charge < -0.3 is 4.74 Å². The first kappa shape index (κ1) is 18.4. The molecule has 27 heavy (non-hydrogen) atoms. The minimum Gasteiger partial charge on any atom is -0.379 e. The van der Waals surface area contributed by atoms with Gasteiger partial charge in [0.25, 0.3) is 0 Å². The van der Waals surface area contributed by atoms with Gasteiger partial charge >= 0.3 is 0 Å². The van der Waals surface area contributed by atoms with E-state index in [0.717, 1.165) is 64.5 Å². The van der Waals surface area contributed by atoms with E-state index in [-0.39, 0.29) is 6.04 Å². The summed E-state index contributed by atoms with van der Waals surface area (Å²) in [5.74, 6) is 0. The number of fused-ring (bicyclic) bond motifs is 1. The monoisotopic (exact) mass is 368 g/mol. The summed E-state index contributed by atoms with van der Waals surface area (Å²) in [6.07, 6.45) is 8.76. The van der Waals surface area contributed by atoms with Crippen molar-refractivity contribution in [3.05, 3.63) is 53.9 Å². The number of nitrogens with one attached hydrogen (secondary N) is 1. The van der Waals surface area contributed by atoms with Gasteiger partial charge in [-0.2, -0.15) is 0 Å². The zero-order valence-corrected chi connectivity index (χ0v) is 15.8. The van der Waals surface area contributed by atoms with E-state index >= 15 is 0 Å². The topological polar surface area (TPSA) is 66.4 Å². The molecule has 1 aliphatic carbocycles. The number of hydrazine groups is 1. The van der Waals surface area contributed by atoms with E-state index in [2.05, 4.69) is 31.4 Å². The fourth-order valence-corrected chi connectivity index (χ4v) is 3.93. The molecule has 1 aliphatic heterocycles. The number of nitrogens with zero attached hydrogens (tertiary/aromatic N) is 5. The van der Waals surface area contributed by atoms with Gasteiger partial charge in [-0.25, -0.2) is 15.0 Å². The number of pyridine rings is 1. The summed E-state index contributed by atoms with van der Waals surface area (Å²) in [5, 5.41) is 2.33. The third-order valence-electron chi connectivity index (χ3n) is 5.36. The molecular weight excluding hydrogens is 340 g/mol. The van der Waals surface area contributed by atoms with Crippen molar-refractivity contribution in [3.8, 4) is 0 Å². The molecule has 144 valence electrons. The Balaban J connectivity index is 1.46. The third kappa shape index (κ3) is 4.87. The van der Waals surface area contributed by atoms with Gasteiger partial charge in [0.1, 0.15) is 6.33 Å². The van der Waals surface area contributed by atoms with Crippen LogP contribution in [0.2, 0.25) is 0 Å². The third-order valence-corrected chi connectivity index (χ3v) is 5.36. The Morgan fingerprint density at radius 3 is 2.96 bits per heavy atom. The number of morpholine rings is 1. The molecular formula is C20H28N6O. The molecule has 2 aromatic heterocycles. The summed E-state index contributed by atoms with van der Waals surface area (Å²) in [7, 11) is 0. The van der Waals surface area contributed by atoms with Crippen LogP contribution in [-0.2, 0) is 17.7 Å². The fourth-order valence-electron chi connectivity index (χ4n) is 3.93. The highest BCUT2D eigenvalue weighted by Gasteiger charge is 2.27. The van der Waals surface area contributed by atoms with Crippen molar-refractivity contribution < 1.29 is 4.74 Å². The standard InChI is InChI=1S/C20H28N6O/c1-3-17-4-2-7-22-20(17)19(5-1)26(15-18-6-8-21-16-23-18)24-9-10-25-11-13-27-14-12-25/h2,4,6-8,16,19,24H,1,3,5,9-15H2. The molecule has 3 heterocycles. The van der Waals surface area contributed by atoms with Gasteiger partial charge in [0.05, 0.1) is 37.2 Å². The molecule has 0 radical (unpaired) electrons. The van der Waals surface area contributed by atoms with Crippen molar-refractivity contribution in [3.63, 3.8) is 0 Å².